The Morgan fingerprint density at radius 2 is 1.93 bits per heavy atom. The molecule has 0 radical (unpaired) electrons. The molecular weight excluding hydrogens is 547 g/mol. The lowest BCUT2D eigenvalue weighted by Gasteiger charge is -2.31. The van der Waals surface area contributed by atoms with Crippen LogP contribution in [0.5, 0.6) is 5.75 Å². The molecule has 1 N–H and O–H groups in total. The van der Waals surface area contributed by atoms with Crippen LogP contribution in [-0.2, 0) is 17.5 Å². The summed E-state index contributed by atoms with van der Waals surface area (Å²) in [4.78, 5) is 18.3. The number of methoxy groups -OCH3 is 1. The number of carbonyl (C=O) groups is 1. The Labute approximate surface area is 231 Å². The van der Waals surface area contributed by atoms with Crippen LogP contribution in [-0.4, -0.2) is 47.5 Å². The van der Waals surface area contributed by atoms with E-state index in [2.05, 4.69) is 10.1 Å². The number of rotatable bonds is 8. The van der Waals surface area contributed by atoms with Gasteiger partial charge in [0.1, 0.15) is 22.7 Å². The molecule has 0 bridgehead atoms. The van der Waals surface area contributed by atoms with Gasteiger partial charge in [0.15, 0.2) is 5.13 Å². The van der Waals surface area contributed by atoms with Crippen molar-refractivity contribution in [3.05, 3.63) is 58.8 Å². The van der Waals surface area contributed by atoms with Crippen LogP contribution in [0.3, 0.4) is 0 Å². The Balaban J connectivity index is 1.16. The SMILES string of the molecule is COc1cc(C(=O)O)cc2sc(N3CCC(OCc4c(-c5ccccc5C(F)(F)F)noc4C4CC4)CC3)nc12. The van der Waals surface area contributed by atoms with Gasteiger partial charge in [-0.25, -0.2) is 9.78 Å². The molecule has 4 aromatic rings. The minimum atomic E-state index is -4.51. The predicted molar refractivity (Wildman–Crippen MR) is 142 cm³/mol. The van der Waals surface area contributed by atoms with E-state index < -0.39 is 17.7 Å². The van der Waals surface area contributed by atoms with Gasteiger partial charge in [0, 0.05) is 30.1 Å². The molecule has 2 aromatic carbocycles. The molecule has 2 aliphatic rings. The number of halogens is 3. The number of aromatic nitrogens is 2. The lowest BCUT2D eigenvalue weighted by molar-refractivity contribution is -0.137. The number of fused-ring (bicyclic) bond motifs is 1. The molecule has 40 heavy (non-hydrogen) atoms. The van der Waals surface area contributed by atoms with E-state index in [0.717, 1.165) is 28.7 Å². The molecule has 0 amide bonds. The molecule has 210 valence electrons. The van der Waals surface area contributed by atoms with Crippen LogP contribution >= 0.6 is 11.3 Å². The molecule has 0 atom stereocenters. The second-order valence-electron chi connectivity index (χ2n) is 10.0. The third-order valence-electron chi connectivity index (χ3n) is 7.35. The van der Waals surface area contributed by atoms with Gasteiger partial charge >= 0.3 is 12.1 Å². The molecule has 0 spiro atoms. The van der Waals surface area contributed by atoms with Gasteiger partial charge in [-0.2, -0.15) is 13.2 Å². The number of carboxylic acids is 1. The van der Waals surface area contributed by atoms with Crippen molar-refractivity contribution in [1.82, 2.24) is 10.1 Å². The smallest absolute Gasteiger partial charge is 0.417 e. The third kappa shape index (κ3) is 5.13. The number of aromatic carboxylic acids is 1. The molecule has 8 nitrogen and oxygen atoms in total. The lowest BCUT2D eigenvalue weighted by Crippen LogP contribution is -2.37. The quantitative estimate of drug-likeness (QED) is 0.248. The number of ether oxygens (including phenoxy) is 2. The molecule has 6 rings (SSSR count). The zero-order chi connectivity index (χ0) is 28.0. The van der Waals surface area contributed by atoms with Gasteiger partial charge in [0.25, 0.3) is 0 Å². The number of nitrogens with zero attached hydrogens (tertiary/aromatic N) is 3. The highest BCUT2D eigenvalue weighted by Gasteiger charge is 2.38. The van der Waals surface area contributed by atoms with Crippen LogP contribution in [0.25, 0.3) is 21.5 Å². The minimum Gasteiger partial charge on any atom is -0.494 e. The highest BCUT2D eigenvalue weighted by Crippen LogP contribution is 2.46. The second kappa shape index (κ2) is 10.4. The van der Waals surface area contributed by atoms with Gasteiger partial charge in [0.2, 0.25) is 0 Å². The van der Waals surface area contributed by atoms with Crippen LogP contribution in [0.4, 0.5) is 18.3 Å². The topological polar surface area (TPSA) is 97.9 Å². The third-order valence-corrected chi connectivity index (χ3v) is 8.41. The molecule has 3 heterocycles. The van der Waals surface area contributed by atoms with Gasteiger partial charge in [-0.05, 0) is 43.9 Å². The molecular formula is C28H26F3N3O5S. The van der Waals surface area contributed by atoms with Crippen molar-refractivity contribution in [3.63, 3.8) is 0 Å². The highest BCUT2D eigenvalue weighted by atomic mass is 32.1. The van der Waals surface area contributed by atoms with E-state index in [1.165, 1.54) is 36.6 Å². The fourth-order valence-electron chi connectivity index (χ4n) is 5.09. The summed E-state index contributed by atoms with van der Waals surface area (Å²) in [5.41, 5.74) is 0.797. The van der Waals surface area contributed by atoms with E-state index in [0.29, 0.717) is 48.5 Å². The van der Waals surface area contributed by atoms with Crippen molar-refractivity contribution < 1.29 is 37.1 Å². The summed E-state index contributed by atoms with van der Waals surface area (Å²) in [7, 11) is 1.49. The maximum atomic E-state index is 13.7. The van der Waals surface area contributed by atoms with Crippen molar-refractivity contribution in [2.24, 2.45) is 0 Å². The fraction of sp³-hybridized carbons (Fsp3) is 0.393. The van der Waals surface area contributed by atoms with Crippen LogP contribution in [0.2, 0.25) is 0 Å². The average molecular weight is 574 g/mol. The first-order valence-electron chi connectivity index (χ1n) is 13.0. The van der Waals surface area contributed by atoms with Gasteiger partial charge in [-0.1, -0.05) is 34.7 Å². The summed E-state index contributed by atoms with van der Waals surface area (Å²) < 4.78 is 59.1. The predicted octanol–water partition coefficient (Wildman–Crippen LogP) is 6.74. The molecule has 2 aromatic heterocycles. The average Bonchev–Trinajstić information content (AvgIpc) is 3.55. The van der Waals surface area contributed by atoms with Gasteiger partial charge in [-0.15, -0.1) is 0 Å². The Morgan fingerprint density at radius 3 is 2.60 bits per heavy atom. The number of hydrogen-bond donors (Lipinski definition) is 1. The number of carboxylic acid groups (broad SMARTS) is 1. The Bertz CT molecular complexity index is 1550. The number of hydrogen-bond acceptors (Lipinski definition) is 8. The molecule has 1 aliphatic carbocycles. The summed E-state index contributed by atoms with van der Waals surface area (Å²) in [5, 5.41) is 14.2. The molecule has 1 saturated carbocycles. The van der Waals surface area contributed by atoms with Crippen molar-refractivity contribution in [3.8, 4) is 17.0 Å². The summed E-state index contributed by atoms with van der Waals surface area (Å²) in [5.74, 6) is 0.167. The van der Waals surface area contributed by atoms with Crippen LogP contribution in [0.1, 0.15) is 58.8 Å². The zero-order valence-corrected chi connectivity index (χ0v) is 22.3. The number of piperidine rings is 1. The van der Waals surface area contributed by atoms with E-state index in [9.17, 15) is 23.1 Å². The Kier molecular flexibility index (Phi) is 6.91. The standard InChI is InChI=1S/C28H26F3N3O5S/c1-37-21-12-16(26(35)36)13-22-24(21)32-27(40-22)34-10-8-17(9-11-34)38-14-19-23(33-39-25(19)15-6-7-15)18-4-2-3-5-20(18)28(29,30)31/h2-5,12-13,15,17H,6-11,14H2,1H3,(H,35,36). The lowest BCUT2D eigenvalue weighted by atomic mass is 9.99. The van der Waals surface area contributed by atoms with E-state index in [1.54, 1.807) is 12.1 Å². The van der Waals surface area contributed by atoms with Crippen LogP contribution in [0, 0.1) is 0 Å². The van der Waals surface area contributed by atoms with Crippen molar-refractivity contribution in [2.75, 3.05) is 25.1 Å². The fourth-order valence-corrected chi connectivity index (χ4v) is 6.17. The van der Waals surface area contributed by atoms with Crippen molar-refractivity contribution >= 4 is 32.7 Å². The van der Waals surface area contributed by atoms with E-state index >= 15 is 0 Å². The summed E-state index contributed by atoms with van der Waals surface area (Å²) in [6.07, 6.45) is -1.37. The number of benzene rings is 2. The van der Waals surface area contributed by atoms with E-state index in [1.807, 2.05) is 0 Å². The molecule has 1 aliphatic heterocycles. The summed E-state index contributed by atoms with van der Waals surface area (Å²) >= 11 is 1.41. The van der Waals surface area contributed by atoms with Crippen molar-refractivity contribution in [2.45, 2.75) is 50.5 Å². The number of thiazole rings is 1. The first-order valence-corrected chi connectivity index (χ1v) is 13.8. The van der Waals surface area contributed by atoms with Gasteiger partial charge in [-0.3, -0.25) is 0 Å². The first kappa shape index (κ1) is 26.6. The summed E-state index contributed by atoms with van der Waals surface area (Å²) in [6.45, 7) is 1.46. The first-order chi connectivity index (χ1) is 19.2. The van der Waals surface area contributed by atoms with Gasteiger partial charge < -0.3 is 24.0 Å². The highest BCUT2D eigenvalue weighted by molar-refractivity contribution is 7.22. The number of alkyl halides is 3. The monoisotopic (exact) mass is 573 g/mol. The van der Waals surface area contributed by atoms with Gasteiger partial charge in [0.05, 0.1) is 35.6 Å². The van der Waals surface area contributed by atoms with Crippen LogP contribution < -0.4 is 9.64 Å². The van der Waals surface area contributed by atoms with Crippen LogP contribution in [0.15, 0.2) is 40.9 Å². The zero-order valence-electron chi connectivity index (χ0n) is 21.5. The molecule has 12 heteroatoms. The largest absolute Gasteiger partial charge is 0.494 e. The second-order valence-corrected chi connectivity index (χ2v) is 11.0. The Morgan fingerprint density at radius 1 is 1.18 bits per heavy atom. The van der Waals surface area contributed by atoms with Crippen molar-refractivity contribution in [1.29, 1.82) is 0 Å². The number of anilines is 1. The maximum absolute atomic E-state index is 13.7. The minimum absolute atomic E-state index is 0.00334. The maximum Gasteiger partial charge on any atom is 0.417 e. The van der Waals surface area contributed by atoms with E-state index in [4.69, 9.17) is 19.0 Å². The Hall–Kier alpha value is -3.64. The molecule has 0 unspecified atom stereocenters. The normalized spacial score (nSPS) is 16.6. The van der Waals surface area contributed by atoms with E-state index in [-0.39, 0.29) is 35.4 Å². The summed E-state index contributed by atoms with van der Waals surface area (Å²) in [6, 6.07) is 8.48. The molecule has 1 saturated heterocycles. The molecule has 2 fully saturated rings.